The number of nitrogens with two attached hydrogens (primary N) is 1. The Kier molecular flexibility index (Phi) is 4.51. The van der Waals surface area contributed by atoms with Gasteiger partial charge in [0.05, 0.1) is 18.9 Å². The Balaban J connectivity index is 2.10. The summed E-state index contributed by atoms with van der Waals surface area (Å²) in [5.74, 6) is 0. The van der Waals surface area contributed by atoms with Crippen LogP contribution in [0, 0.1) is 0 Å². The Bertz CT molecular complexity index is 417. The van der Waals surface area contributed by atoms with Crippen molar-refractivity contribution in [3.8, 4) is 0 Å². The highest BCUT2D eigenvalue weighted by atomic mass is 35.5. The van der Waals surface area contributed by atoms with Crippen LogP contribution in [0.15, 0.2) is 18.2 Å². The highest BCUT2D eigenvalue weighted by Crippen LogP contribution is 2.25. The van der Waals surface area contributed by atoms with Crippen LogP contribution < -0.4 is 5.73 Å². The van der Waals surface area contributed by atoms with Gasteiger partial charge < -0.3 is 10.5 Å². The number of nitrogens with zero attached hydrogens (tertiary/aromatic N) is 1. The standard InChI is InChI=1S/C13H18Cl2N2O/c1-13(16,17-4-6-18-7-5-17)9-10-2-3-11(14)8-12(10)15/h2-3,8H,4-7,9,16H2,1H3. The summed E-state index contributed by atoms with van der Waals surface area (Å²) >= 11 is 12.1. The molecule has 1 aromatic rings. The quantitative estimate of drug-likeness (QED) is 0.929. The monoisotopic (exact) mass is 288 g/mol. The summed E-state index contributed by atoms with van der Waals surface area (Å²) < 4.78 is 5.34. The highest BCUT2D eigenvalue weighted by Gasteiger charge is 2.29. The molecule has 2 rings (SSSR count). The van der Waals surface area contributed by atoms with Crippen molar-refractivity contribution in [2.45, 2.75) is 19.0 Å². The largest absolute Gasteiger partial charge is 0.379 e. The fraction of sp³-hybridized carbons (Fsp3) is 0.538. The number of rotatable bonds is 3. The molecule has 0 amide bonds. The van der Waals surface area contributed by atoms with Crippen LogP contribution in [0.3, 0.4) is 0 Å². The van der Waals surface area contributed by atoms with Crippen molar-refractivity contribution in [2.24, 2.45) is 5.73 Å². The molecule has 1 aromatic carbocycles. The van der Waals surface area contributed by atoms with Crippen LogP contribution in [0.1, 0.15) is 12.5 Å². The molecule has 0 saturated carbocycles. The van der Waals surface area contributed by atoms with Crippen molar-refractivity contribution in [1.82, 2.24) is 4.90 Å². The van der Waals surface area contributed by atoms with E-state index < -0.39 is 5.66 Å². The molecule has 1 atom stereocenters. The van der Waals surface area contributed by atoms with Gasteiger partial charge in [0.1, 0.15) is 0 Å². The summed E-state index contributed by atoms with van der Waals surface area (Å²) in [6, 6.07) is 5.54. The molecule has 5 heteroatoms. The number of morpholine rings is 1. The van der Waals surface area contributed by atoms with Gasteiger partial charge in [-0.3, -0.25) is 4.90 Å². The molecule has 1 aliphatic rings. The lowest BCUT2D eigenvalue weighted by molar-refractivity contribution is -0.0142. The van der Waals surface area contributed by atoms with Gasteiger partial charge in [-0.2, -0.15) is 0 Å². The summed E-state index contributed by atoms with van der Waals surface area (Å²) in [4.78, 5) is 2.24. The van der Waals surface area contributed by atoms with Gasteiger partial charge in [-0.15, -0.1) is 0 Å². The summed E-state index contributed by atoms with van der Waals surface area (Å²) in [6.45, 7) is 5.22. The maximum Gasteiger partial charge on any atom is 0.0701 e. The molecule has 1 fully saturated rings. The first-order chi connectivity index (χ1) is 8.49. The third-order valence-electron chi connectivity index (χ3n) is 3.30. The first-order valence-electron chi connectivity index (χ1n) is 6.05. The number of hydrogen-bond donors (Lipinski definition) is 1. The molecular weight excluding hydrogens is 271 g/mol. The second kappa shape index (κ2) is 5.76. The SMILES string of the molecule is CC(N)(Cc1ccc(Cl)cc1Cl)N1CCOCC1. The summed E-state index contributed by atoms with van der Waals surface area (Å²) in [5.41, 5.74) is 7.02. The van der Waals surface area contributed by atoms with E-state index in [2.05, 4.69) is 4.90 Å². The van der Waals surface area contributed by atoms with E-state index in [1.165, 1.54) is 0 Å². The van der Waals surface area contributed by atoms with Crippen LogP contribution in [-0.2, 0) is 11.2 Å². The molecule has 1 saturated heterocycles. The van der Waals surface area contributed by atoms with Gasteiger partial charge in [0, 0.05) is 29.6 Å². The first kappa shape index (κ1) is 14.1. The van der Waals surface area contributed by atoms with E-state index in [0.717, 1.165) is 31.9 Å². The van der Waals surface area contributed by atoms with Crippen LogP contribution in [-0.4, -0.2) is 36.9 Å². The fourth-order valence-electron chi connectivity index (χ4n) is 2.24. The zero-order valence-electron chi connectivity index (χ0n) is 10.5. The molecular formula is C13H18Cl2N2O. The van der Waals surface area contributed by atoms with Crippen molar-refractivity contribution in [3.63, 3.8) is 0 Å². The van der Waals surface area contributed by atoms with Gasteiger partial charge in [0.2, 0.25) is 0 Å². The molecule has 0 spiro atoms. The smallest absolute Gasteiger partial charge is 0.0701 e. The second-order valence-corrected chi connectivity index (χ2v) is 5.71. The minimum absolute atomic E-state index is 0.415. The van der Waals surface area contributed by atoms with Crippen LogP contribution in [0.4, 0.5) is 0 Å². The molecule has 18 heavy (non-hydrogen) atoms. The average molecular weight is 289 g/mol. The first-order valence-corrected chi connectivity index (χ1v) is 6.80. The predicted molar refractivity (Wildman–Crippen MR) is 75.2 cm³/mol. The zero-order valence-corrected chi connectivity index (χ0v) is 12.0. The minimum atomic E-state index is -0.415. The number of hydrogen-bond acceptors (Lipinski definition) is 3. The Labute approximate surface area is 118 Å². The maximum atomic E-state index is 6.41. The van der Waals surface area contributed by atoms with E-state index in [4.69, 9.17) is 33.7 Å². The molecule has 1 heterocycles. The normalized spacial score (nSPS) is 20.7. The highest BCUT2D eigenvalue weighted by molar-refractivity contribution is 6.35. The molecule has 0 aliphatic carbocycles. The zero-order chi connectivity index (χ0) is 13.2. The van der Waals surface area contributed by atoms with Gasteiger partial charge in [0.15, 0.2) is 0 Å². The maximum absolute atomic E-state index is 6.41. The topological polar surface area (TPSA) is 38.5 Å². The van der Waals surface area contributed by atoms with E-state index >= 15 is 0 Å². The van der Waals surface area contributed by atoms with E-state index in [-0.39, 0.29) is 0 Å². The minimum Gasteiger partial charge on any atom is -0.379 e. The summed E-state index contributed by atoms with van der Waals surface area (Å²) in [7, 11) is 0. The number of benzene rings is 1. The van der Waals surface area contributed by atoms with Gasteiger partial charge in [-0.1, -0.05) is 29.3 Å². The van der Waals surface area contributed by atoms with Gasteiger partial charge in [-0.25, -0.2) is 0 Å². The second-order valence-electron chi connectivity index (χ2n) is 4.87. The summed E-state index contributed by atoms with van der Waals surface area (Å²) in [5, 5.41) is 1.32. The van der Waals surface area contributed by atoms with Crippen molar-refractivity contribution in [2.75, 3.05) is 26.3 Å². The van der Waals surface area contributed by atoms with E-state index in [0.29, 0.717) is 16.5 Å². The van der Waals surface area contributed by atoms with Crippen molar-refractivity contribution >= 4 is 23.2 Å². The summed E-state index contributed by atoms with van der Waals surface area (Å²) in [6.07, 6.45) is 0.697. The fourth-order valence-corrected chi connectivity index (χ4v) is 2.71. The van der Waals surface area contributed by atoms with Crippen LogP contribution >= 0.6 is 23.2 Å². The van der Waals surface area contributed by atoms with Crippen LogP contribution in [0.5, 0.6) is 0 Å². The molecule has 1 unspecified atom stereocenters. The molecule has 0 bridgehead atoms. The predicted octanol–water partition coefficient (Wildman–Crippen LogP) is 2.54. The average Bonchev–Trinajstić information content (AvgIpc) is 2.34. The third-order valence-corrected chi connectivity index (χ3v) is 3.88. The number of ether oxygens (including phenoxy) is 1. The van der Waals surface area contributed by atoms with E-state index in [9.17, 15) is 0 Å². The molecule has 100 valence electrons. The van der Waals surface area contributed by atoms with Gasteiger partial charge in [-0.05, 0) is 24.6 Å². The molecule has 0 radical (unpaired) electrons. The van der Waals surface area contributed by atoms with E-state index in [1.54, 1.807) is 6.07 Å². The van der Waals surface area contributed by atoms with Crippen molar-refractivity contribution in [1.29, 1.82) is 0 Å². The Morgan fingerprint density at radius 1 is 1.33 bits per heavy atom. The van der Waals surface area contributed by atoms with Gasteiger partial charge in [0.25, 0.3) is 0 Å². The molecule has 3 nitrogen and oxygen atoms in total. The van der Waals surface area contributed by atoms with E-state index in [1.807, 2.05) is 19.1 Å². The lowest BCUT2D eigenvalue weighted by Gasteiger charge is -2.40. The third kappa shape index (κ3) is 3.37. The van der Waals surface area contributed by atoms with Gasteiger partial charge >= 0.3 is 0 Å². The Morgan fingerprint density at radius 2 is 2.00 bits per heavy atom. The lowest BCUT2D eigenvalue weighted by Crippen LogP contribution is -2.58. The molecule has 0 aromatic heterocycles. The Morgan fingerprint density at radius 3 is 2.61 bits per heavy atom. The van der Waals surface area contributed by atoms with Crippen LogP contribution in [0.2, 0.25) is 10.0 Å². The molecule has 2 N–H and O–H groups in total. The molecule has 1 aliphatic heterocycles. The van der Waals surface area contributed by atoms with Crippen LogP contribution in [0.25, 0.3) is 0 Å². The Hall–Kier alpha value is -0.320. The van der Waals surface area contributed by atoms with Crippen molar-refractivity contribution in [3.05, 3.63) is 33.8 Å². The van der Waals surface area contributed by atoms with Crippen molar-refractivity contribution < 1.29 is 4.74 Å². The number of halogens is 2. The lowest BCUT2D eigenvalue weighted by atomic mass is 10.00.